The highest BCUT2D eigenvalue weighted by atomic mass is 16.5. The average molecular weight is 330 g/mol. The van der Waals surface area contributed by atoms with Gasteiger partial charge in [0.15, 0.2) is 0 Å². The Balaban J connectivity index is 1.87. The van der Waals surface area contributed by atoms with E-state index < -0.39 is 0 Å². The molecule has 0 atom stereocenters. The van der Waals surface area contributed by atoms with Crippen molar-refractivity contribution in [3.8, 4) is 16.9 Å². The molecule has 2 nitrogen and oxygen atoms in total. The Morgan fingerprint density at radius 1 is 0.840 bits per heavy atom. The van der Waals surface area contributed by atoms with Crippen LogP contribution in [-0.4, -0.2) is 6.29 Å². The van der Waals surface area contributed by atoms with Crippen molar-refractivity contribution < 1.29 is 9.53 Å². The van der Waals surface area contributed by atoms with Crippen LogP contribution in [0.2, 0.25) is 0 Å². The lowest BCUT2D eigenvalue weighted by Gasteiger charge is -2.16. The van der Waals surface area contributed by atoms with Gasteiger partial charge in [-0.3, -0.25) is 4.79 Å². The van der Waals surface area contributed by atoms with Gasteiger partial charge in [0, 0.05) is 5.56 Å². The molecular formula is C23H22O2. The Bertz CT molecular complexity index is 872. The van der Waals surface area contributed by atoms with Crippen LogP contribution < -0.4 is 4.74 Å². The lowest BCUT2D eigenvalue weighted by atomic mass is 9.91. The van der Waals surface area contributed by atoms with Gasteiger partial charge in [0.05, 0.1) is 0 Å². The Morgan fingerprint density at radius 2 is 1.48 bits per heavy atom. The highest BCUT2D eigenvalue weighted by Crippen LogP contribution is 2.31. The SMILES string of the molecule is Cc1cccc(C)c1-c1cccc(COc2ccc(C=O)cc2)c1C. The molecule has 0 amide bonds. The van der Waals surface area contributed by atoms with Crippen molar-refractivity contribution in [3.63, 3.8) is 0 Å². The molecule has 3 aromatic carbocycles. The first-order valence-electron chi connectivity index (χ1n) is 8.43. The first-order valence-corrected chi connectivity index (χ1v) is 8.43. The van der Waals surface area contributed by atoms with Gasteiger partial charge in [-0.2, -0.15) is 0 Å². The van der Waals surface area contributed by atoms with Gasteiger partial charge in [-0.1, -0.05) is 36.4 Å². The van der Waals surface area contributed by atoms with Gasteiger partial charge in [-0.15, -0.1) is 0 Å². The van der Waals surface area contributed by atoms with Crippen LogP contribution in [0.4, 0.5) is 0 Å². The van der Waals surface area contributed by atoms with E-state index in [2.05, 4.69) is 57.2 Å². The fourth-order valence-corrected chi connectivity index (χ4v) is 3.15. The molecule has 3 rings (SSSR count). The van der Waals surface area contributed by atoms with E-state index in [1.165, 1.54) is 33.4 Å². The number of ether oxygens (including phenoxy) is 1. The van der Waals surface area contributed by atoms with Crippen LogP contribution in [0.1, 0.15) is 32.6 Å². The summed E-state index contributed by atoms with van der Waals surface area (Å²) in [4.78, 5) is 10.7. The standard InChI is InChI=1S/C23H22O2/c1-16-6-4-7-17(2)23(16)22-9-5-8-20(18(22)3)15-25-21-12-10-19(14-24)11-13-21/h4-14H,15H2,1-3H3. The molecule has 3 aromatic rings. The zero-order valence-corrected chi connectivity index (χ0v) is 14.9. The molecule has 0 aliphatic carbocycles. The van der Waals surface area contributed by atoms with E-state index in [1.54, 1.807) is 12.1 Å². The van der Waals surface area contributed by atoms with Gasteiger partial charge in [0.1, 0.15) is 18.6 Å². The zero-order chi connectivity index (χ0) is 17.8. The fourth-order valence-electron chi connectivity index (χ4n) is 3.15. The minimum atomic E-state index is 0.505. The highest BCUT2D eigenvalue weighted by molar-refractivity contribution is 5.75. The number of aryl methyl sites for hydroxylation is 2. The summed E-state index contributed by atoms with van der Waals surface area (Å²) in [5.41, 5.74) is 8.19. The molecule has 0 heterocycles. The van der Waals surface area contributed by atoms with Crippen molar-refractivity contribution in [2.24, 2.45) is 0 Å². The van der Waals surface area contributed by atoms with Crippen LogP contribution in [0.3, 0.4) is 0 Å². The fraction of sp³-hybridized carbons (Fsp3) is 0.174. The van der Waals surface area contributed by atoms with Gasteiger partial charge < -0.3 is 4.74 Å². The normalized spacial score (nSPS) is 10.5. The number of benzene rings is 3. The summed E-state index contributed by atoms with van der Waals surface area (Å²) in [5, 5.41) is 0. The zero-order valence-electron chi connectivity index (χ0n) is 14.9. The molecule has 0 bridgehead atoms. The maximum Gasteiger partial charge on any atom is 0.150 e. The molecule has 0 saturated heterocycles. The summed E-state index contributed by atoms with van der Waals surface area (Å²) in [6.45, 7) is 6.96. The maximum absolute atomic E-state index is 10.7. The number of carbonyl (C=O) groups excluding carboxylic acids is 1. The summed E-state index contributed by atoms with van der Waals surface area (Å²) < 4.78 is 5.91. The van der Waals surface area contributed by atoms with Crippen LogP contribution in [-0.2, 0) is 6.61 Å². The molecule has 0 aliphatic heterocycles. The summed E-state index contributed by atoms with van der Waals surface area (Å²) in [7, 11) is 0. The van der Waals surface area contributed by atoms with Crippen LogP contribution in [0, 0.1) is 20.8 Å². The average Bonchev–Trinajstić information content (AvgIpc) is 2.62. The van der Waals surface area contributed by atoms with E-state index in [1.807, 2.05) is 12.1 Å². The molecule has 126 valence electrons. The van der Waals surface area contributed by atoms with Crippen LogP contribution in [0.25, 0.3) is 11.1 Å². The predicted molar refractivity (Wildman–Crippen MR) is 102 cm³/mol. The van der Waals surface area contributed by atoms with E-state index in [9.17, 15) is 4.79 Å². The third-order valence-corrected chi connectivity index (χ3v) is 4.61. The Morgan fingerprint density at radius 3 is 2.12 bits per heavy atom. The van der Waals surface area contributed by atoms with E-state index >= 15 is 0 Å². The molecule has 25 heavy (non-hydrogen) atoms. The maximum atomic E-state index is 10.7. The molecular weight excluding hydrogens is 308 g/mol. The van der Waals surface area contributed by atoms with Gasteiger partial charge >= 0.3 is 0 Å². The predicted octanol–water partition coefficient (Wildman–Crippen LogP) is 5.67. The van der Waals surface area contributed by atoms with Gasteiger partial charge in [-0.25, -0.2) is 0 Å². The van der Waals surface area contributed by atoms with Gasteiger partial charge in [0.2, 0.25) is 0 Å². The van der Waals surface area contributed by atoms with Crippen LogP contribution >= 0.6 is 0 Å². The first-order chi connectivity index (χ1) is 12.1. The van der Waals surface area contributed by atoms with Gasteiger partial charge in [-0.05, 0) is 78.4 Å². The minimum Gasteiger partial charge on any atom is -0.489 e. The Labute approximate surface area is 149 Å². The van der Waals surface area contributed by atoms with Crippen molar-refractivity contribution in [2.45, 2.75) is 27.4 Å². The van der Waals surface area contributed by atoms with Crippen molar-refractivity contribution in [1.29, 1.82) is 0 Å². The topological polar surface area (TPSA) is 26.3 Å². The second-order valence-electron chi connectivity index (χ2n) is 6.33. The van der Waals surface area contributed by atoms with Gasteiger partial charge in [0.25, 0.3) is 0 Å². The van der Waals surface area contributed by atoms with Crippen molar-refractivity contribution >= 4 is 6.29 Å². The second kappa shape index (κ2) is 7.35. The monoisotopic (exact) mass is 330 g/mol. The molecule has 0 aliphatic rings. The number of rotatable bonds is 5. The van der Waals surface area contributed by atoms with E-state index in [0.717, 1.165) is 12.0 Å². The summed E-state index contributed by atoms with van der Waals surface area (Å²) >= 11 is 0. The number of aldehydes is 1. The third kappa shape index (κ3) is 3.63. The number of hydrogen-bond donors (Lipinski definition) is 0. The smallest absolute Gasteiger partial charge is 0.150 e. The molecule has 0 fully saturated rings. The minimum absolute atomic E-state index is 0.505. The molecule has 0 N–H and O–H groups in total. The van der Waals surface area contributed by atoms with E-state index in [0.29, 0.717) is 12.2 Å². The highest BCUT2D eigenvalue weighted by Gasteiger charge is 2.11. The second-order valence-corrected chi connectivity index (χ2v) is 6.33. The van der Waals surface area contributed by atoms with Crippen LogP contribution in [0.15, 0.2) is 60.7 Å². The van der Waals surface area contributed by atoms with Crippen LogP contribution in [0.5, 0.6) is 5.75 Å². The number of hydrogen-bond acceptors (Lipinski definition) is 2. The van der Waals surface area contributed by atoms with Crippen molar-refractivity contribution in [1.82, 2.24) is 0 Å². The van der Waals surface area contributed by atoms with E-state index in [4.69, 9.17) is 4.74 Å². The van der Waals surface area contributed by atoms with Crippen molar-refractivity contribution in [2.75, 3.05) is 0 Å². The quantitative estimate of drug-likeness (QED) is 0.563. The molecule has 0 radical (unpaired) electrons. The lowest BCUT2D eigenvalue weighted by molar-refractivity contribution is 0.112. The lowest BCUT2D eigenvalue weighted by Crippen LogP contribution is -2.00. The summed E-state index contributed by atoms with van der Waals surface area (Å²) in [6, 6.07) is 20.0. The first kappa shape index (κ1) is 17.0. The Kier molecular flexibility index (Phi) is 4.99. The molecule has 0 aromatic heterocycles. The largest absolute Gasteiger partial charge is 0.489 e. The molecule has 0 spiro atoms. The summed E-state index contributed by atoms with van der Waals surface area (Å²) in [6.07, 6.45) is 0.835. The summed E-state index contributed by atoms with van der Waals surface area (Å²) in [5.74, 6) is 0.766. The third-order valence-electron chi connectivity index (χ3n) is 4.61. The number of carbonyl (C=O) groups is 1. The van der Waals surface area contributed by atoms with Crippen molar-refractivity contribution in [3.05, 3.63) is 88.5 Å². The Hall–Kier alpha value is -2.87. The van der Waals surface area contributed by atoms with E-state index in [-0.39, 0.29) is 0 Å². The molecule has 0 unspecified atom stereocenters. The molecule has 2 heteroatoms. The molecule has 0 saturated carbocycles.